The number of benzene rings is 2. The number of fused-ring (bicyclic) bond motifs is 3. The molecule has 1 aliphatic heterocycles. The summed E-state index contributed by atoms with van der Waals surface area (Å²) in [6, 6.07) is 4.25. The average Bonchev–Trinajstić information content (AvgIpc) is 2.90. The van der Waals surface area contributed by atoms with E-state index >= 15 is 0 Å². The molecule has 0 saturated carbocycles. The predicted molar refractivity (Wildman–Crippen MR) is 128 cm³/mol. The van der Waals surface area contributed by atoms with Crippen molar-refractivity contribution in [1.29, 1.82) is 0 Å². The lowest BCUT2D eigenvalue weighted by atomic mass is 9.75. The van der Waals surface area contributed by atoms with Crippen molar-refractivity contribution in [1.82, 2.24) is 0 Å². The van der Waals surface area contributed by atoms with Gasteiger partial charge in [0.2, 0.25) is 5.78 Å². The zero-order valence-corrected chi connectivity index (χ0v) is 20.1. The molecule has 3 aliphatic rings. The smallest absolute Gasteiger partial charge is 0.202 e. The number of nitrogens with two attached hydrogens (primary N) is 1. The summed E-state index contributed by atoms with van der Waals surface area (Å²) in [6.07, 6.45) is -0.370. The van der Waals surface area contributed by atoms with Crippen molar-refractivity contribution < 1.29 is 49.4 Å². The zero-order valence-electron chi connectivity index (χ0n) is 20.1. The van der Waals surface area contributed by atoms with Crippen LogP contribution in [-0.2, 0) is 22.4 Å². The van der Waals surface area contributed by atoms with Gasteiger partial charge in [-0.2, -0.15) is 0 Å². The molecule has 5 rings (SSSR count). The highest BCUT2D eigenvalue weighted by molar-refractivity contribution is 6.31. The number of ketones is 3. The Morgan fingerprint density at radius 2 is 1.76 bits per heavy atom. The molecule has 2 aromatic rings. The number of ether oxygens (including phenoxy) is 2. The fourth-order valence-corrected chi connectivity index (χ4v) is 5.00. The van der Waals surface area contributed by atoms with E-state index in [1.807, 2.05) is 0 Å². The van der Waals surface area contributed by atoms with E-state index in [9.17, 15) is 24.6 Å². The van der Waals surface area contributed by atoms with Gasteiger partial charge in [0, 0.05) is 35.1 Å². The maximum Gasteiger partial charge on any atom is 0.202 e. The van der Waals surface area contributed by atoms with Crippen LogP contribution < -0.4 is 10.5 Å². The van der Waals surface area contributed by atoms with E-state index in [-0.39, 0.29) is 76.3 Å². The molecule has 1 saturated heterocycles. The van der Waals surface area contributed by atoms with Crippen molar-refractivity contribution in [2.24, 2.45) is 11.7 Å². The molecule has 4 unspecified atom stereocenters. The molecule has 11 nitrogen and oxygen atoms in total. The predicted octanol–water partition coefficient (Wildman–Crippen LogP) is -0.0386. The molecule has 1 heterocycles. The van der Waals surface area contributed by atoms with Crippen molar-refractivity contribution in [3.8, 4) is 17.2 Å². The van der Waals surface area contributed by atoms with Gasteiger partial charge in [0.1, 0.15) is 23.9 Å². The number of phenols is 2. The lowest BCUT2D eigenvalue weighted by Crippen LogP contribution is -2.46. The second-order valence-corrected chi connectivity index (χ2v) is 9.26. The van der Waals surface area contributed by atoms with E-state index in [1.54, 1.807) is 12.1 Å². The Labute approximate surface area is 212 Å². The zero-order chi connectivity index (χ0) is 27.0. The highest BCUT2D eigenvalue weighted by atomic mass is 16.6. The Kier molecular flexibility index (Phi) is 7.62. The van der Waals surface area contributed by atoms with Gasteiger partial charge in [0.15, 0.2) is 17.9 Å². The lowest BCUT2D eigenvalue weighted by Gasteiger charge is -2.29. The first-order valence-corrected chi connectivity index (χ1v) is 11.8. The van der Waals surface area contributed by atoms with Crippen LogP contribution in [0.2, 0.25) is 0 Å². The van der Waals surface area contributed by atoms with Gasteiger partial charge in [-0.3, -0.25) is 14.4 Å². The van der Waals surface area contributed by atoms with Crippen molar-refractivity contribution in [2.75, 3.05) is 20.3 Å². The van der Waals surface area contributed by atoms with E-state index in [0.717, 1.165) is 0 Å². The van der Waals surface area contributed by atoms with Gasteiger partial charge in [-0.25, -0.2) is 0 Å². The number of carbonyl (C=O) groups is 3. The average molecular weight is 516 g/mol. The Morgan fingerprint density at radius 1 is 1.08 bits per heavy atom. The number of carbonyl (C=O) groups excluding carboxylic acids is 3. The Morgan fingerprint density at radius 3 is 2.38 bits per heavy atom. The molecule has 0 radical (unpaired) electrons. The van der Waals surface area contributed by atoms with E-state index < -0.39 is 36.5 Å². The highest BCUT2D eigenvalue weighted by Crippen LogP contribution is 2.47. The number of hydrogen-bond acceptors (Lipinski definition) is 11. The molecule has 2 aliphatic carbocycles. The number of methoxy groups -OCH3 is 1. The first-order chi connectivity index (χ1) is 17.6. The lowest BCUT2D eigenvalue weighted by molar-refractivity contribution is -0.162. The minimum atomic E-state index is -0.789. The summed E-state index contributed by atoms with van der Waals surface area (Å²) in [6.45, 7) is -0.468. The molecule has 7 N–H and O–H groups in total. The van der Waals surface area contributed by atoms with Crippen LogP contribution in [0.5, 0.6) is 17.2 Å². The summed E-state index contributed by atoms with van der Waals surface area (Å²) in [5.74, 6) is -2.56. The molecule has 198 valence electrons. The second-order valence-electron chi connectivity index (χ2n) is 9.26. The van der Waals surface area contributed by atoms with Crippen LogP contribution in [0, 0.1) is 5.92 Å². The molecule has 2 aromatic carbocycles. The van der Waals surface area contributed by atoms with Crippen LogP contribution in [0.15, 0.2) is 18.2 Å². The maximum absolute atomic E-state index is 13.1. The van der Waals surface area contributed by atoms with E-state index in [2.05, 4.69) is 4.74 Å². The SMILES string of the molecule is COc1cccc2c1C(=O)c1c(O)c3c(c(O)c1C2=O)CC(C(=O)CO)CC3.NC1CC(O)OCC1O. The molecule has 4 atom stereocenters. The van der Waals surface area contributed by atoms with Crippen LogP contribution >= 0.6 is 0 Å². The Bertz CT molecular complexity index is 1260. The number of rotatable bonds is 3. The van der Waals surface area contributed by atoms with Gasteiger partial charge in [-0.1, -0.05) is 12.1 Å². The van der Waals surface area contributed by atoms with Gasteiger partial charge < -0.3 is 40.7 Å². The maximum atomic E-state index is 13.1. The third-order valence-electron chi connectivity index (χ3n) is 7.06. The summed E-state index contributed by atoms with van der Waals surface area (Å²) in [5, 5.41) is 48.5. The van der Waals surface area contributed by atoms with Gasteiger partial charge in [-0.05, 0) is 25.3 Å². The van der Waals surface area contributed by atoms with Crippen LogP contribution in [0.25, 0.3) is 0 Å². The van der Waals surface area contributed by atoms with Crippen molar-refractivity contribution in [2.45, 2.75) is 44.1 Å². The van der Waals surface area contributed by atoms with Gasteiger partial charge in [0.05, 0.1) is 36.5 Å². The van der Waals surface area contributed by atoms with Crippen LogP contribution in [0.4, 0.5) is 0 Å². The first kappa shape index (κ1) is 26.7. The number of aromatic hydroxyl groups is 2. The molecule has 0 amide bonds. The minimum Gasteiger partial charge on any atom is -0.507 e. The summed E-state index contributed by atoms with van der Waals surface area (Å²) in [7, 11) is 1.38. The molecule has 11 heteroatoms. The van der Waals surface area contributed by atoms with Crippen molar-refractivity contribution in [3.05, 3.63) is 51.6 Å². The number of Topliss-reactive ketones (excluding diaryl/α,β-unsaturated/α-hetero) is 1. The number of aliphatic hydroxyl groups excluding tert-OH is 3. The second kappa shape index (κ2) is 10.6. The number of phenolic OH excluding ortho intramolecular Hbond substituents is 2. The third-order valence-corrected chi connectivity index (χ3v) is 7.06. The molecular formula is C26H29NO10. The van der Waals surface area contributed by atoms with E-state index in [1.165, 1.54) is 13.2 Å². The molecule has 0 spiro atoms. The van der Waals surface area contributed by atoms with Crippen molar-refractivity contribution >= 4 is 17.3 Å². The molecule has 37 heavy (non-hydrogen) atoms. The fraction of sp³-hybridized carbons (Fsp3) is 0.423. The number of hydrogen-bond donors (Lipinski definition) is 6. The standard InChI is InChI=1S/C21H18O7.C5H11NO3/c1-28-14-4-2-3-11-15(14)21(27)17-16(19(11)25)20(26)12-7-9(13(23)8-22)5-6-10(12)18(17)24;6-3-1-5(8)9-2-4(3)7/h2-4,9,22,24,26H,5-8H2,1H3;3-5,7-8H,1-2,6H2. The molecule has 0 aromatic heterocycles. The van der Waals surface area contributed by atoms with Crippen LogP contribution in [0.1, 0.15) is 55.8 Å². The van der Waals surface area contributed by atoms with E-state index in [0.29, 0.717) is 18.4 Å². The summed E-state index contributed by atoms with van der Waals surface area (Å²) >= 11 is 0. The van der Waals surface area contributed by atoms with Gasteiger partial charge in [-0.15, -0.1) is 0 Å². The monoisotopic (exact) mass is 515 g/mol. The minimum absolute atomic E-state index is 0.0568. The molecular weight excluding hydrogens is 486 g/mol. The number of aliphatic hydroxyl groups is 3. The van der Waals surface area contributed by atoms with Crippen LogP contribution in [-0.4, -0.2) is 81.6 Å². The summed E-state index contributed by atoms with van der Waals surface area (Å²) in [5.41, 5.74) is 5.68. The van der Waals surface area contributed by atoms with Gasteiger partial charge >= 0.3 is 0 Å². The fourth-order valence-electron chi connectivity index (χ4n) is 5.00. The van der Waals surface area contributed by atoms with Crippen LogP contribution in [0.3, 0.4) is 0 Å². The Balaban J connectivity index is 0.000000301. The summed E-state index contributed by atoms with van der Waals surface area (Å²) < 4.78 is 9.89. The van der Waals surface area contributed by atoms with E-state index in [4.69, 9.17) is 25.8 Å². The highest BCUT2D eigenvalue weighted by Gasteiger charge is 2.41. The quantitative estimate of drug-likeness (QED) is 0.256. The normalized spacial score (nSPS) is 24.2. The third kappa shape index (κ3) is 4.72. The summed E-state index contributed by atoms with van der Waals surface area (Å²) in [4.78, 5) is 38.1. The Hall–Kier alpha value is -3.35. The first-order valence-electron chi connectivity index (χ1n) is 11.8. The van der Waals surface area contributed by atoms with Crippen molar-refractivity contribution in [3.63, 3.8) is 0 Å². The topological polar surface area (TPSA) is 197 Å². The van der Waals surface area contributed by atoms with Gasteiger partial charge in [0.25, 0.3) is 0 Å². The molecule has 0 bridgehead atoms. The largest absolute Gasteiger partial charge is 0.507 e. The molecule has 1 fully saturated rings.